The van der Waals surface area contributed by atoms with Crippen LogP contribution in [0.3, 0.4) is 0 Å². The summed E-state index contributed by atoms with van der Waals surface area (Å²) in [5.41, 5.74) is 2.86. The van der Waals surface area contributed by atoms with E-state index in [-0.39, 0.29) is 18.2 Å². The van der Waals surface area contributed by atoms with Crippen molar-refractivity contribution in [1.29, 1.82) is 0 Å². The van der Waals surface area contributed by atoms with Crippen molar-refractivity contribution in [3.05, 3.63) is 84.7 Å². The Morgan fingerprint density at radius 2 is 1.61 bits per heavy atom. The highest BCUT2D eigenvalue weighted by Gasteiger charge is 2.24. The van der Waals surface area contributed by atoms with Gasteiger partial charge in [-0.25, -0.2) is 4.39 Å². The summed E-state index contributed by atoms with van der Waals surface area (Å²) < 4.78 is 15.2. The number of thioether (sulfide) groups is 1. The van der Waals surface area contributed by atoms with E-state index in [0.717, 1.165) is 27.1 Å². The standard InChI is InChI=1S/C21H17FN3S2.ClH/c1-26-19-13-7-15(8-14-19)20-25(18-11-9-16(22)10-12-18)24-21(27-20)23-17-5-3-2-4-6-17;/h2-14H,1H3,(H,23,24);1H/q+1;/p-1. The summed E-state index contributed by atoms with van der Waals surface area (Å²) >= 11 is 3.27. The predicted molar refractivity (Wildman–Crippen MR) is 111 cm³/mol. The molecule has 3 aromatic carbocycles. The molecule has 0 spiro atoms. The van der Waals surface area contributed by atoms with Gasteiger partial charge in [-0.3, -0.25) is 0 Å². The molecule has 0 aliphatic heterocycles. The lowest BCUT2D eigenvalue weighted by molar-refractivity contribution is -0.642. The Labute approximate surface area is 177 Å². The normalized spacial score (nSPS) is 10.4. The Morgan fingerprint density at radius 3 is 2.25 bits per heavy atom. The average Bonchev–Trinajstić information content (AvgIpc) is 3.13. The van der Waals surface area contributed by atoms with Crippen molar-refractivity contribution in [3.8, 4) is 16.3 Å². The largest absolute Gasteiger partial charge is 1.00 e. The lowest BCUT2D eigenvalue weighted by Crippen LogP contribution is -3.00. The van der Waals surface area contributed by atoms with Crippen molar-refractivity contribution < 1.29 is 21.5 Å². The molecule has 28 heavy (non-hydrogen) atoms. The minimum absolute atomic E-state index is 0. The molecule has 1 N–H and O–H groups in total. The molecule has 0 atom stereocenters. The van der Waals surface area contributed by atoms with Crippen LogP contribution in [0.25, 0.3) is 16.3 Å². The van der Waals surface area contributed by atoms with Crippen LogP contribution in [-0.2, 0) is 0 Å². The van der Waals surface area contributed by atoms with Crippen LogP contribution in [-0.4, -0.2) is 11.4 Å². The van der Waals surface area contributed by atoms with E-state index in [1.165, 1.54) is 17.0 Å². The monoisotopic (exact) mass is 429 g/mol. The van der Waals surface area contributed by atoms with Gasteiger partial charge in [0.25, 0.3) is 5.13 Å². The molecule has 4 aromatic rings. The van der Waals surface area contributed by atoms with E-state index < -0.39 is 0 Å². The highest BCUT2D eigenvalue weighted by atomic mass is 35.5. The molecule has 1 heterocycles. The molecule has 0 unspecified atom stereocenters. The number of anilines is 2. The number of hydrogen-bond acceptors (Lipinski definition) is 4. The summed E-state index contributed by atoms with van der Waals surface area (Å²) in [6, 6.07) is 24.7. The van der Waals surface area contributed by atoms with E-state index in [1.807, 2.05) is 35.0 Å². The van der Waals surface area contributed by atoms with Crippen LogP contribution < -0.4 is 22.4 Å². The number of para-hydroxylation sites is 1. The minimum Gasteiger partial charge on any atom is -1.00 e. The van der Waals surface area contributed by atoms with Gasteiger partial charge in [0.1, 0.15) is 5.82 Å². The molecular weight excluding hydrogens is 413 g/mol. The van der Waals surface area contributed by atoms with Gasteiger partial charge < -0.3 is 17.7 Å². The van der Waals surface area contributed by atoms with Gasteiger partial charge in [0.15, 0.2) is 0 Å². The number of halogens is 2. The maximum Gasteiger partial charge on any atom is 0.304 e. The second-order valence-corrected chi connectivity index (χ2v) is 7.68. The van der Waals surface area contributed by atoms with Crippen LogP contribution in [0.1, 0.15) is 0 Å². The molecule has 0 radical (unpaired) electrons. The molecule has 7 heteroatoms. The zero-order valence-electron chi connectivity index (χ0n) is 15.0. The Hall–Kier alpha value is -2.41. The summed E-state index contributed by atoms with van der Waals surface area (Å²) in [4.78, 5) is 1.21. The Kier molecular flexibility index (Phi) is 6.67. The zero-order chi connectivity index (χ0) is 18.6. The van der Waals surface area contributed by atoms with Crippen molar-refractivity contribution in [1.82, 2.24) is 5.10 Å². The van der Waals surface area contributed by atoms with Crippen LogP contribution in [0.5, 0.6) is 0 Å². The molecule has 3 nitrogen and oxygen atoms in total. The van der Waals surface area contributed by atoms with Crippen molar-refractivity contribution >= 4 is 33.9 Å². The van der Waals surface area contributed by atoms with Crippen molar-refractivity contribution in [3.63, 3.8) is 0 Å². The van der Waals surface area contributed by atoms with E-state index >= 15 is 0 Å². The predicted octanol–water partition coefficient (Wildman–Crippen LogP) is 2.70. The van der Waals surface area contributed by atoms with E-state index in [4.69, 9.17) is 5.10 Å². The van der Waals surface area contributed by atoms with E-state index in [0.29, 0.717) is 0 Å². The van der Waals surface area contributed by atoms with E-state index in [1.54, 1.807) is 35.2 Å². The van der Waals surface area contributed by atoms with Gasteiger partial charge in [-0.05, 0) is 70.8 Å². The van der Waals surface area contributed by atoms with Gasteiger partial charge in [0.2, 0.25) is 5.69 Å². The second-order valence-electron chi connectivity index (χ2n) is 5.82. The third-order valence-electron chi connectivity index (χ3n) is 4.01. The molecule has 1 aromatic heterocycles. The molecule has 0 amide bonds. The van der Waals surface area contributed by atoms with Gasteiger partial charge in [-0.2, -0.15) is 0 Å². The molecule has 0 saturated carbocycles. The molecular formula is C21H17ClFN3S2. The topological polar surface area (TPSA) is 28.8 Å². The first kappa shape index (κ1) is 20.3. The molecule has 4 rings (SSSR count). The van der Waals surface area contributed by atoms with Crippen LogP contribution in [0, 0.1) is 5.82 Å². The first-order chi connectivity index (χ1) is 13.2. The van der Waals surface area contributed by atoms with Crippen molar-refractivity contribution in [2.45, 2.75) is 4.90 Å². The second kappa shape index (κ2) is 9.19. The van der Waals surface area contributed by atoms with Gasteiger partial charge in [0, 0.05) is 27.8 Å². The first-order valence-electron chi connectivity index (χ1n) is 8.38. The van der Waals surface area contributed by atoms with Gasteiger partial charge in [-0.15, -0.1) is 11.8 Å². The number of nitrogens with zero attached hydrogens (tertiary/aromatic N) is 2. The summed E-state index contributed by atoms with van der Waals surface area (Å²) in [6.07, 6.45) is 2.06. The first-order valence-corrected chi connectivity index (χ1v) is 10.4. The van der Waals surface area contributed by atoms with Crippen LogP contribution >= 0.6 is 23.1 Å². The fraction of sp³-hybridized carbons (Fsp3) is 0.0476. The number of benzene rings is 3. The highest BCUT2D eigenvalue weighted by Crippen LogP contribution is 2.29. The highest BCUT2D eigenvalue weighted by molar-refractivity contribution is 7.98. The third kappa shape index (κ3) is 4.52. The lowest BCUT2D eigenvalue weighted by Gasteiger charge is -1.98. The van der Waals surface area contributed by atoms with Gasteiger partial charge in [-0.1, -0.05) is 18.2 Å². The van der Waals surface area contributed by atoms with Crippen LogP contribution in [0.15, 0.2) is 83.8 Å². The van der Waals surface area contributed by atoms with Gasteiger partial charge >= 0.3 is 5.01 Å². The van der Waals surface area contributed by atoms with Crippen molar-refractivity contribution in [2.24, 2.45) is 0 Å². The summed E-state index contributed by atoms with van der Waals surface area (Å²) in [7, 11) is 0. The average molecular weight is 430 g/mol. The SMILES string of the molecule is CSc1ccc(-c2sc(Nc3ccccc3)n[n+]2-c2ccc(F)cc2)cc1.[Cl-]. The quantitative estimate of drug-likeness (QED) is 0.390. The van der Waals surface area contributed by atoms with E-state index in [2.05, 4.69) is 35.8 Å². The maximum atomic E-state index is 13.4. The summed E-state index contributed by atoms with van der Waals surface area (Å²) in [5, 5.41) is 9.82. The third-order valence-corrected chi connectivity index (χ3v) is 5.73. The molecule has 0 aliphatic rings. The number of nitrogens with one attached hydrogen (secondary N) is 1. The summed E-state index contributed by atoms with van der Waals surface area (Å²) in [5.74, 6) is -0.261. The number of hydrogen-bond donors (Lipinski definition) is 1. The fourth-order valence-electron chi connectivity index (χ4n) is 2.66. The van der Waals surface area contributed by atoms with E-state index in [9.17, 15) is 4.39 Å². The van der Waals surface area contributed by atoms with Gasteiger partial charge in [0.05, 0.1) is 5.56 Å². The minimum atomic E-state index is -0.261. The van der Waals surface area contributed by atoms with Crippen LogP contribution in [0.4, 0.5) is 15.2 Å². The molecule has 142 valence electrons. The molecule has 0 bridgehead atoms. The van der Waals surface area contributed by atoms with Crippen molar-refractivity contribution in [2.75, 3.05) is 11.6 Å². The Balaban J connectivity index is 0.00000225. The summed E-state index contributed by atoms with van der Waals surface area (Å²) in [6.45, 7) is 0. The Morgan fingerprint density at radius 1 is 0.929 bits per heavy atom. The molecule has 0 saturated heterocycles. The Bertz CT molecular complexity index is 1040. The molecule has 0 aliphatic carbocycles. The number of aromatic nitrogens is 2. The maximum absolute atomic E-state index is 13.4. The van der Waals surface area contributed by atoms with Crippen LogP contribution in [0.2, 0.25) is 0 Å². The smallest absolute Gasteiger partial charge is 0.304 e. The molecule has 0 fully saturated rings. The lowest BCUT2D eigenvalue weighted by atomic mass is 10.2. The fourth-order valence-corrected chi connectivity index (χ4v) is 4.03. The zero-order valence-corrected chi connectivity index (χ0v) is 17.4. The number of rotatable bonds is 5.